The Hall–Kier alpha value is -2.42. The second-order valence-corrected chi connectivity index (χ2v) is 6.87. The minimum Gasteiger partial charge on any atom is -0.454 e. The molecule has 1 atom stereocenters. The lowest BCUT2D eigenvalue weighted by Gasteiger charge is -2.22. The van der Waals surface area contributed by atoms with Crippen molar-refractivity contribution in [3.63, 3.8) is 0 Å². The normalized spacial score (nSPS) is 16.6. The number of hydrogen-bond acceptors (Lipinski definition) is 6. The molecule has 0 saturated carbocycles. The molecule has 0 aliphatic carbocycles. The minimum absolute atomic E-state index is 0.120. The molecular formula is C16H21N3O5S. The zero-order valence-corrected chi connectivity index (χ0v) is 14.9. The fourth-order valence-corrected chi connectivity index (χ4v) is 3.17. The number of nitrogens with one attached hydrogen (secondary N) is 2. The molecule has 25 heavy (non-hydrogen) atoms. The molecule has 9 heteroatoms. The molecule has 1 aliphatic heterocycles. The van der Waals surface area contributed by atoms with Crippen molar-refractivity contribution in [3.8, 4) is 0 Å². The van der Waals surface area contributed by atoms with Crippen LogP contribution in [0.3, 0.4) is 0 Å². The van der Waals surface area contributed by atoms with Gasteiger partial charge in [0.05, 0.1) is 4.88 Å². The van der Waals surface area contributed by atoms with Crippen molar-refractivity contribution in [3.05, 3.63) is 22.4 Å². The molecule has 8 nitrogen and oxygen atoms in total. The molecule has 4 amide bonds. The zero-order chi connectivity index (χ0) is 18.4. The molecule has 2 rings (SSSR count). The van der Waals surface area contributed by atoms with Gasteiger partial charge in [0.25, 0.3) is 11.8 Å². The summed E-state index contributed by atoms with van der Waals surface area (Å²) in [5, 5.41) is 6.35. The molecule has 0 radical (unpaired) electrons. The van der Waals surface area contributed by atoms with Crippen molar-refractivity contribution in [1.82, 2.24) is 15.5 Å². The molecule has 1 aromatic heterocycles. The Bertz CT molecular complexity index is 644. The standard InChI is InChI=1S/C16H21N3O5S/c1-10(2)17-16(23)18-13(20)9-24-15(22)11-5-3-7-19(11)14(21)12-6-4-8-25-12/h4,6,8,10-11H,3,5,7,9H2,1-2H3,(H2,17,18,20,23)/t11-/m1/s1. The molecule has 0 spiro atoms. The number of nitrogens with zero attached hydrogens (tertiary/aromatic N) is 1. The summed E-state index contributed by atoms with van der Waals surface area (Å²) < 4.78 is 4.97. The molecule has 0 bridgehead atoms. The second-order valence-electron chi connectivity index (χ2n) is 5.92. The van der Waals surface area contributed by atoms with Crippen molar-refractivity contribution >= 4 is 35.2 Å². The highest BCUT2D eigenvalue weighted by Gasteiger charge is 2.36. The number of imide groups is 1. The predicted octanol–water partition coefficient (Wildman–Crippen LogP) is 1.13. The minimum atomic E-state index is -0.722. The molecule has 1 aliphatic rings. The fourth-order valence-electron chi connectivity index (χ4n) is 2.49. The van der Waals surface area contributed by atoms with Crippen LogP contribution in [-0.4, -0.2) is 54.0 Å². The van der Waals surface area contributed by atoms with Gasteiger partial charge in [0.1, 0.15) is 6.04 Å². The first-order chi connectivity index (χ1) is 11.9. The van der Waals surface area contributed by atoms with E-state index < -0.39 is 30.6 Å². The van der Waals surface area contributed by atoms with E-state index in [1.54, 1.807) is 31.4 Å². The van der Waals surface area contributed by atoms with Crippen LogP contribution in [0.15, 0.2) is 17.5 Å². The van der Waals surface area contributed by atoms with Gasteiger partial charge in [0.2, 0.25) is 0 Å². The van der Waals surface area contributed by atoms with Crippen molar-refractivity contribution in [2.24, 2.45) is 0 Å². The first kappa shape index (κ1) is 18.9. The number of hydrogen-bond donors (Lipinski definition) is 2. The van der Waals surface area contributed by atoms with Crippen LogP contribution in [0.4, 0.5) is 4.79 Å². The average Bonchev–Trinajstić information content (AvgIpc) is 3.22. The van der Waals surface area contributed by atoms with E-state index in [2.05, 4.69) is 10.6 Å². The van der Waals surface area contributed by atoms with Crippen LogP contribution in [0.2, 0.25) is 0 Å². The van der Waals surface area contributed by atoms with E-state index in [-0.39, 0.29) is 11.9 Å². The molecule has 2 heterocycles. The number of carbonyl (C=O) groups excluding carboxylic acids is 4. The Morgan fingerprint density at radius 3 is 2.76 bits per heavy atom. The Balaban J connectivity index is 1.84. The summed E-state index contributed by atoms with van der Waals surface area (Å²) >= 11 is 1.31. The number of urea groups is 1. The Labute approximate surface area is 149 Å². The van der Waals surface area contributed by atoms with E-state index in [0.717, 1.165) is 0 Å². The van der Waals surface area contributed by atoms with Crippen molar-refractivity contribution < 1.29 is 23.9 Å². The number of thiophene rings is 1. The maximum atomic E-state index is 12.4. The van der Waals surface area contributed by atoms with E-state index in [0.29, 0.717) is 24.3 Å². The SMILES string of the molecule is CC(C)NC(=O)NC(=O)COC(=O)[C@H]1CCCN1C(=O)c1cccs1. The second kappa shape index (κ2) is 8.61. The highest BCUT2D eigenvalue weighted by atomic mass is 32.1. The van der Waals surface area contributed by atoms with Crippen LogP contribution in [0, 0.1) is 0 Å². The van der Waals surface area contributed by atoms with Crippen LogP contribution >= 0.6 is 11.3 Å². The summed E-state index contributed by atoms with van der Waals surface area (Å²) in [4.78, 5) is 49.7. The smallest absolute Gasteiger partial charge is 0.329 e. The summed E-state index contributed by atoms with van der Waals surface area (Å²) in [5.41, 5.74) is 0. The predicted molar refractivity (Wildman–Crippen MR) is 91.1 cm³/mol. The molecule has 1 fully saturated rings. The molecule has 1 aromatic rings. The monoisotopic (exact) mass is 367 g/mol. The Morgan fingerprint density at radius 1 is 1.36 bits per heavy atom. The van der Waals surface area contributed by atoms with Crippen LogP contribution in [0.5, 0.6) is 0 Å². The van der Waals surface area contributed by atoms with Gasteiger partial charge in [-0.15, -0.1) is 11.3 Å². The molecule has 0 aromatic carbocycles. The summed E-state index contributed by atoms with van der Waals surface area (Å²) in [6.45, 7) is 3.41. The topological polar surface area (TPSA) is 105 Å². The van der Waals surface area contributed by atoms with Crippen LogP contribution in [-0.2, 0) is 14.3 Å². The summed E-state index contributed by atoms with van der Waals surface area (Å²) in [6, 6.07) is 2.01. The average molecular weight is 367 g/mol. The van der Waals surface area contributed by atoms with Gasteiger partial charge in [-0.1, -0.05) is 6.07 Å². The molecule has 136 valence electrons. The van der Waals surface area contributed by atoms with Gasteiger partial charge in [0, 0.05) is 12.6 Å². The number of amides is 4. The van der Waals surface area contributed by atoms with E-state index in [1.807, 2.05) is 0 Å². The lowest BCUT2D eigenvalue weighted by molar-refractivity contribution is -0.152. The van der Waals surface area contributed by atoms with Gasteiger partial charge in [-0.25, -0.2) is 9.59 Å². The molecular weight excluding hydrogens is 346 g/mol. The van der Waals surface area contributed by atoms with Gasteiger partial charge in [-0.05, 0) is 38.1 Å². The molecule has 2 N–H and O–H groups in total. The van der Waals surface area contributed by atoms with Gasteiger partial charge in [-0.2, -0.15) is 0 Å². The van der Waals surface area contributed by atoms with Crippen molar-refractivity contribution in [2.75, 3.05) is 13.2 Å². The van der Waals surface area contributed by atoms with E-state index in [4.69, 9.17) is 4.74 Å². The lowest BCUT2D eigenvalue weighted by atomic mass is 10.2. The van der Waals surface area contributed by atoms with Crippen LogP contribution in [0.25, 0.3) is 0 Å². The number of carbonyl (C=O) groups is 4. The number of likely N-dealkylation sites (tertiary alicyclic amines) is 1. The Kier molecular flexibility index (Phi) is 6.51. The van der Waals surface area contributed by atoms with Gasteiger partial charge < -0.3 is 15.0 Å². The first-order valence-electron chi connectivity index (χ1n) is 8.00. The Morgan fingerprint density at radius 2 is 2.12 bits per heavy atom. The third-order valence-corrected chi connectivity index (χ3v) is 4.39. The lowest BCUT2D eigenvalue weighted by Crippen LogP contribution is -2.45. The maximum Gasteiger partial charge on any atom is 0.329 e. The molecule has 0 unspecified atom stereocenters. The van der Waals surface area contributed by atoms with Crippen LogP contribution in [0.1, 0.15) is 36.4 Å². The van der Waals surface area contributed by atoms with Crippen molar-refractivity contribution in [2.45, 2.75) is 38.8 Å². The zero-order valence-electron chi connectivity index (χ0n) is 14.1. The molecule has 1 saturated heterocycles. The van der Waals surface area contributed by atoms with E-state index in [1.165, 1.54) is 16.2 Å². The number of rotatable bonds is 5. The quantitative estimate of drug-likeness (QED) is 0.759. The van der Waals surface area contributed by atoms with Crippen LogP contribution < -0.4 is 10.6 Å². The van der Waals surface area contributed by atoms with Gasteiger partial charge in [-0.3, -0.25) is 14.9 Å². The highest BCUT2D eigenvalue weighted by Crippen LogP contribution is 2.23. The number of esters is 1. The summed E-state index contributed by atoms with van der Waals surface area (Å²) in [7, 11) is 0. The summed E-state index contributed by atoms with van der Waals surface area (Å²) in [5.74, 6) is -1.57. The van der Waals surface area contributed by atoms with Crippen molar-refractivity contribution in [1.29, 1.82) is 0 Å². The maximum absolute atomic E-state index is 12.4. The number of ether oxygens (including phenoxy) is 1. The largest absolute Gasteiger partial charge is 0.454 e. The fraction of sp³-hybridized carbons (Fsp3) is 0.500. The van der Waals surface area contributed by atoms with Gasteiger partial charge >= 0.3 is 12.0 Å². The third-order valence-electron chi connectivity index (χ3n) is 3.54. The highest BCUT2D eigenvalue weighted by molar-refractivity contribution is 7.12. The first-order valence-corrected chi connectivity index (χ1v) is 8.88. The van der Waals surface area contributed by atoms with E-state index in [9.17, 15) is 19.2 Å². The van der Waals surface area contributed by atoms with E-state index >= 15 is 0 Å². The third kappa shape index (κ3) is 5.28. The van der Waals surface area contributed by atoms with Gasteiger partial charge in [0.15, 0.2) is 6.61 Å². The summed E-state index contributed by atoms with van der Waals surface area (Å²) in [6.07, 6.45) is 1.19.